The van der Waals surface area contributed by atoms with Gasteiger partial charge in [-0.1, -0.05) is 6.92 Å². The third kappa shape index (κ3) is 2.87. The van der Waals surface area contributed by atoms with Gasteiger partial charge < -0.3 is 14.8 Å². The average molecular weight is 236 g/mol. The Morgan fingerprint density at radius 1 is 1.41 bits per heavy atom. The maximum absolute atomic E-state index is 4.34. The molecular formula is C13H24N4. The van der Waals surface area contributed by atoms with Crippen molar-refractivity contribution in [1.82, 2.24) is 19.8 Å². The summed E-state index contributed by atoms with van der Waals surface area (Å²) in [5.74, 6) is 0. The lowest BCUT2D eigenvalue weighted by Crippen LogP contribution is -2.39. The third-order valence-corrected chi connectivity index (χ3v) is 3.83. The molecule has 2 rings (SSSR count). The maximum atomic E-state index is 4.34. The van der Waals surface area contributed by atoms with Crippen molar-refractivity contribution >= 4 is 0 Å². The van der Waals surface area contributed by atoms with Crippen molar-refractivity contribution in [3.8, 4) is 0 Å². The van der Waals surface area contributed by atoms with E-state index in [0.717, 1.165) is 26.2 Å². The molecule has 0 bridgehead atoms. The van der Waals surface area contributed by atoms with Crippen molar-refractivity contribution in [1.29, 1.82) is 0 Å². The predicted octanol–water partition coefficient (Wildman–Crippen LogP) is 1.09. The van der Waals surface area contributed by atoms with Crippen LogP contribution < -0.4 is 5.32 Å². The van der Waals surface area contributed by atoms with Gasteiger partial charge >= 0.3 is 0 Å². The minimum atomic E-state index is 0.300. The van der Waals surface area contributed by atoms with Crippen LogP contribution in [0.3, 0.4) is 0 Å². The first-order valence-corrected chi connectivity index (χ1v) is 6.48. The van der Waals surface area contributed by atoms with E-state index in [1.54, 1.807) is 0 Å². The van der Waals surface area contributed by atoms with Crippen molar-refractivity contribution in [2.45, 2.75) is 31.7 Å². The van der Waals surface area contributed by atoms with E-state index < -0.39 is 0 Å². The topological polar surface area (TPSA) is 33.1 Å². The predicted molar refractivity (Wildman–Crippen MR) is 70.2 cm³/mol. The first kappa shape index (κ1) is 12.6. The smallest absolute Gasteiger partial charge is 0.0948 e. The van der Waals surface area contributed by atoms with Crippen molar-refractivity contribution in [3.63, 3.8) is 0 Å². The van der Waals surface area contributed by atoms with Crippen molar-refractivity contribution in [2.24, 2.45) is 0 Å². The Morgan fingerprint density at radius 2 is 2.12 bits per heavy atom. The minimum Gasteiger partial charge on any atom is -0.333 e. The molecule has 2 heterocycles. The van der Waals surface area contributed by atoms with Crippen LogP contribution in [0.2, 0.25) is 0 Å². The first-order valence-electron chi connectivity index (χ1n) is 6.48. The molecule has 0 atom stereocenters. The minimum absolute atomic E-state index is 0.300. The SMILES string of the molecule is CN(C)CCn1cncc1C1(C)CCNCC1. The van der Waals surface area contributed by atoms with Crippen LogP contribution in [0.25, 0.3) is 0 Å². The Hall–Kier alpha value is -0.870. The fourth-order valence-corrected chi connectivity index (χ4v) is 2.54. The number of aromatic nitrogens is 2. The van der Waals surface area contributed by atoms with E-state index in [2.05, 4.69) is 47.0 Å². The molecule has 4 nitrogen and oxygen atoms in total. The van der Waals surface area contributed by atoms with Crippen LogP contribution in [-0.4, -0.2) is 48.2 Å². The van der Waals surface area contributed by atoms with Crippen LogP contribution in [0.1, 0.15) is 25.5 Å². The van der Waals surface area contributed by atoms with E-state index in [1.807, 2.05) is 6.33 Å². The zero-order valence-corrected chi connectivity index (χ0v) is 11.2. The summed E-state index contributed by atoms with van der Waals surface area (Å²) in [6, 6.07) is 0. The Balaban J connectivity index is 2.11. The lowest BCUT2D eigenvalue weighted by Gasteiger charge is -2.34. The highest BCUT2D eigenvalue weighted by molar-refractivity contribution is 5.15. The van der Waals surface area contributed by atoms with Crippen molar-refractivity contribution in [3.05, 3.63) is 18.2 Å². The monoisotopic (exact) mass is 236 g/mol. The van der Waals surface area contributed by atoms with E-state index >= 15 is 0 Å². The number of hydrogen-bond acceptors (Lipinski definition) is 3. The number of nitrogens with one attached hydrogen (secondary N) is 1. The second-order valence-electron chi connectivity index (χ2n) is 5.59. The molecule has 96 valence electrons. The maximum Gasteiger partial charge on any atom is 0.0948 e. The van der Waals surface area contributed by atoms with Gasteiger partial charge in [0.2, 0.25) is 0 Å². The van der Waals surface area contributed by atoms with Gasteiger partial charge in [-0.3, -0.25) is 0 Å². The number of likely N-dealkylation sites (N-methyl/N-ethyl adjacent to an activating group) is 1. The summed E-state index contributed by atoms with van der Waals surface area (Å²) in [4.78, 5) is 6.56. The van der Waals surface area contributed by atoms with Crippen LogP contribution in [0.4, 0.5) is 0 Å². The Labute approximate surface area is 104 Å². The van der Waals surface area contributed by atoms with Crippen LogP contribution in [0.15, 0.2) is 12.5 Å². The van der Waals surface area contributed by atoms with Crippen LogP contribution in [-0.2, 0) is 12.0 Å². The third-order valence-electron chi connectivity index (χ3n) is 3.83. The van der Waals surface area contributed by atoms with Crippen LogP contribution in [0, 0.1) is 0 Å². The van der Waals surface area contributed by atoms with Crippen LogP contribution >= 0.6 is 0 Å². The summed E-state index contributed by atoms with van der Waals surface area (Å²) in [7, 11) is 4.23. The number of hydrogen-bond donors (Lipinski definition) is 1. The van der Waals surface area contributed by atoms with Gasteiger partial charge in [0, 0.05) is 30.4 Å². The Bertz CT molecular complexity index is 350. The second-order valence-corrected chi connectivity index (χ2v) is 5.59. The van der Waals surface area contributed by atoms with E-state index in [-0.39, 0.29) is 0 Å². The highest BCUT2D eigenvalue weighted by atomic mass is 15.1. The van der Waals surface area contributed by atoms with E-state index in [1.165, 1.54) is 18.5 Å². The highest BCUT2D eigenvalue weighted by Gasteiger charge is 2.31. The first-order chi connectivity index (χ1) is 8.12. The molecular weight excluding hydrogens is 212 g/mol. The van der Waals surface area contributed by atoms with Gasteiger partial charge in [0.15, 0.2) is 0 Å². The number of rotatable bonds is 4. The Kier molecular flexibility index (Phi) is 3.84. The number of imidazole rings is 1. The summed E-state index contributed by atoms with van der Waals surface area (Å²) in [5.41, 5.74) is 1.70. The lowest BCUT2D eigenvalue weighted by atomic mass is 9.78. The zero-order chi connectivity index (χ0) is 12.3. The molecule has 1 saturated heterocycles. The normalized spacial score (nSPS) is 19.8. The molecule has 0 radical (unpaired) electrons. The largest absolute Gasteiger partial charge is 0.333 e. The average Bonchev–Trinajstić information content (AvgIpc) is 2.76. The van der Waals surface area contributed by atoms with Crippen LogP contribution in [0.5, 0.6) is 0 Å². The summed E-state index contributed by atoms with van der Waals surface area (Å²) in [6.45, 7) is 6.71. The highest BCUT2D eigenvalue weighted by Crippen LogP contribution is 2.32. The molecule has 17 heavy (non-hydrogen) atoms. The van der Waals surface area contributed by atoms with Gasteiger partial charge in [0.1, 0.15) is 0 Å². The quantitative estimate of drug-likeness (QED) is 0.849. The fraction of sp³-hybridized carbons (Fsp3) is 0.769. The molecule has 4 heteroatoms. The Morgan fingerprint density at radius 3 is 2.76 bits per heavy atom. The molecule has 0 unspecified atom stereocenters. The van der Waals surface area contributed by atoms with Gasteiger partial charge in [-0.05, 0) is 40.0 Å². The van der Waals surface area contributed by atoms with Gasteiger partial charge in [-0.25, -0.2) is 4.98 Å². The molecule has 0 saturated carbocycles. The summed E-state index contributed by atoms with van der Waals surface area (Å²) in [6.07, 6.45) is 6.45. The molecule has 1 aliphatic rings. The molecule has 1 aliphatic heterocycles. The van der Waals surface area contributed by atoms with E-state index in [0.29, 0.717) is 5.41 Å². The number of piperidine rings is 1. The standard InChI is InChI=1S/C13H24N4/c1-13(4-6-14-7-5-13)12-10-15-11-17(12)9-8-16(2)3/h10-11,14H,4-9H2,1-3H3. The number of nitrogens with zero attached hydrogens (tertiary/aromatic N) is 3. The summed E-state index contributed by atoms with van der Waals surface area (Å²) >= 11 is 0. The van der Waals surface area contributed by atoms with E-state index in [4.69, 9.17) is 0 Å². The van der Waals surface area contributed by atoms with Crippen molar-refractivity contribution < 1.29 is 0 Å². The fourth-order valence-electron chi connectivity index (χ4n) is 2.54. The summed E-state index contributed by atoms with van der Waals surface area (Å²) in [5, 5.41) is 3.43. The second kappa shape index (κ2) is 5.19. The van der Waals surface area contributed by atoms with Gasteiger partial charge in [-0.15, -0.1) is 0 Å². The lowest BCUT2D eigenvalue weighted by molar-refractivity contribution is 0.308. The molecule has 1 aromatic rings. The molecule has 1 aromatic heterocycles. The summed E-state index contributed by atoms with van der Waals surface area (Å²) < 4.78 is 2.32. The molecule has 0 spiro atoms. The molecule has 0 amide bonds. The zero-order valence-electron chi connectivity index (χ0n) is 11.2. The molecule has 0 aromatic carbocycles. The molecule has 0 aliphatic carbocycles. The van der Waals surface area contributed by atoms with Crippen molar-refractivity contribution in [2.75, 3.05) is 33.7 Å². The van der Waals surface area contributed by atoms with Gasteiger partial charge in [0.05, 0.1) is 6.33 Å². The van der Waals surface area contributed by atoms with E-state index in [9.17, 15) is 0 Å². The van der Waals surface area contributed by atoms with Gasteiger partial charge in [-0.2, -0.15) is 0 Å². The van der Waals surface area contributed by atoms with Gasteiger partial charge in [0.25, 0.3) is 0 Å². The molecule has 1 N–H and O–H groups in total. The molecule has 1 fully saturated rings.